The predicted octanol–water partition coefficient (Wildman–Crippen LogP) is 1.91. The van der Waals surface area contributed by atoms with Gasteiger partial charge in [0.2, 0.25) is 0 Å². The van der Waals surface area contributed by atoms with E-state index >= 15 is 0 Å². The number of nitrogens with one attached hydrogen (secondary N) is 1. The molecule has 0 spiro atoms. The molecule has 1 saturated heterocycles. The van der Waals surface area contributed by atoms with E-state index in [2.05, 4.69) is 5.32 Å². The first kappa shape index (κ1) is 13.6. The number of hydrogen-bond donors (Lipinski definition) is 1. The third-order valence-corrected chi connectivity index (χ3v) is 5.35. The van der Waals surface area contributed by atoms with E-state index in [0.717, 1.165) is 0 Å². The molecular weight excluding hydrogens is 297 g/mol. The summed E-state index contributed by atoms with van der Waals surface area (Å²) in [5, 5.41) is 3.13. The first-order valence-corrected chi connectivity index (χ1v) is 7.92. The van der Waals surface area contributed by atoms with Crippen LogP contribution in [0.2, 0.25) is 10.0 Å². The maximum absolute atomic E-state index is 11.9. The first-order valence-electron chi connectivity index (χ1n) is 5.34. The fraction of sp³-hybridized carbons (Fsp3) is 0.364. The van der Waals surface area contributed by atoms with E-state index in [1.54, 1.807) is 18.2 Å². The molecular formula is C11H11Cl2NO3S. The maximum atomic E-state index is 11.9. The standard InChI is InChI=1S/C11H11Cl2NO3S/c12-9-3-1-2-8(10(9)13)11(15)14-7-4-5-18(16,17)6-7/h1-3,7H,4-6H2,(H,14,15)/t7-/m0/s1. The molecule has 18 heavy (non-hydrogen) atoms. The average Bonchev–Trinajstić information content (AvgIpc) is 2.62. The van der Waals surface area contributed by atoms with Crippen molar-refractivity contribution in [3.8, 4) is 0 Å². The van der Waals surface area contributed by atoms with E-state index in [1.807, 2.05) is 0 Å². The molecule has 0 aromatic heterocycles. The lowest BCUT2D eigenvalue weighted by molar-refractivity contribution is 0.0941. The summed E-state index contributed by atoms with van der Waals surface area (Å²) in [6, 6.07) is 4.40. The van der Waals surface area contributed by atoms with Gasteiger partial charge in [0, 0.05) is 6.04 Å². The van der Waals surface area contributed by atoms with Crippen LogP contribution in [0.15, 0.2) is 18.2 Å². The van der Waals surface area contributed by atoms with Crippen LogP contribution >= 0.6 is 23.2 Å². The molecule has 1 amide bonds. The molecule has 0 aliphatic carbocycles. The van der Waals surface area contributed by atoms with Gasteiger partial charge in [-0.3, -0.25) is 4.79 Å². The summed E-state index contributed by atoms with van der Waals surface area (Å²) in [6.07, 6.45) is 0.437. The number of benzene rings is 1. The van der Waals surface area contributed by atoms with Crippen molar-refractivity contribution in [3.05, 3.63) is 33.8 Å². The summed E-state index contributed by atoms with van der Waals surface area (Å²) < 4.78 is 22.6. The summed E-state index contributed by atoms with van der Waals surface area (Å²) in [7, 11) is -3.02. The number of hydrogen-bond acceptors (Lipinski definition) is 3. The first-order chi connectivity index (χ1) is 8.39. The van der Waals surface area contributed by atoms with Gasteiger partial charge in [0.25, 0.3) is 5.91 Å². The molecule has 1 aromatic rings. The van der Waals surface area contributed by atoms with Gasteiger partial charge in [-0.2, -0.15) is 0 Å². The topological polar surface area (TPSA) is 63.2 Å². The predicted molar refractivity (Wildman–Crippen MR) is 71.0 cm³/mol. The number of halogens is 2. The van der Waals surface area contributed by atoms with Crippen molar-refractivity contribution in [2.75, 3.05) is 11.5 Å². The minimum Gasteiger partial charge on any atom is -0.348 e. The van der Waals surface area contributed by atoms with Gasteiger partial charge in [-0.25, -0.2) is 8.42 Å². The summed E-state index contributed by atoms with van der Waals surface area (Å²) >= 11 is 11.7. The van der Waals surface area contributed by atoms with Gasteiger partial charge in [-0.1, -0.05) is 29.3 Å². The smallest absolute Gasteiger partial charge is 0.253 e. The summed E-state index contributed by atoms with van der Waals surface area (Å²) in [6.45, 7) is 0. The van der Waals surface area contributed by atoms with Crippen LogP contribution in [0.25, 0.3) is 0 Å². The van der Waals surface area contributed by atoms with Gasteiger partial charge >= 0.3 is 0 Å². The zero-order chi connectivity index (χ0) is 13.3. The van der Waals surface area contributed by atoms with Crippen LogP contribution in [0.5, 0.6) is 0 Å². The fourth-order valence-electron chi connectivity index (χ4n) is 1.85. The number of amides is 1. The summed E-state index contributed by atoms with van der Waals surface area (Å²) in [5.74, 6) is -0.303. The highest BCUT2D eigenvalue weighted by Gasteiger charge is 2.29. The molecule has 4 nitrogen and oxygen atoms in total. The molecule has 1 aliphatic heterocycles. The number of sulfone groups is 1. The van der Waals surface area contributed by atoms with Crippen molar-refractivity contribution in [3.63, 3.8) is 0 Å². The van der Waals surface area contributed by atoms with E-state index in [0.29, 0.717) is 11.4 Å². The van der Waals surface area contributed by atoms with Crippen LogP contribution in [0.4, 0.5) is 0 Å². The van der Waals surface area contributed by atoms with Crippen LogP contribution < -0.4 is 5.32 Å². The van der Waals surface area contributed by atoms with Crippen molar-refractivity contribution in [2.45, 2.75) is 12.5 Å². The number of rotatable bonds is 2. The van der Waals surface area contributed by atoms with Crippen LogP contribution in [-0.4, -0.2) is 31.9 Å². The van der Waals surface area contributed by atoms with Crippen LogP contribution in [0.1, 0.15) is 16.8 Å². The van der Waals surface area contributed by atoms with Gasteiger partial charge in [-0.15, -0.1) is 0 Å². The van der Waals surface area contributed by atoms with Crippen molar-refractivity contribution in [1.82, 2.24) is 5.32 Å². The highest BCUT2D eigenvalue weighted by atomic mass is 35.5. The lowest BCUT2D eigenvalue weighted by Crippen LogP contribution is -2.35. The third kappa shape index (κ3) is 2.96. The molecule has 7 heteroatoms. The van der Waals surface area contributed by atoms with Gasteiger partial charge in [-0.05, 0) is 18.6 Å². The second-order valence-corrected chi connectivity index (χ2v) is 7.19. The largest absolute Gasteiger partial charge is 0.348 e. The minimum absolute atomic E-state index is 0.0169. The molecule has 0 saturated carbocycles. The van der Waals surface area contributed by atoms with Gasteiger partial charge in [0.15, 0.2) is 9.84 Å². The number of carbonyl (C=O) groups is 1. The Hall–Kier alpha value is -0.780. The second kappa shape index (κ2) is 5.07. The molecule has 0 unspecified atom stereocenters. The Morgan fingerprint density at radius 1 is 1.33 bits per heavy atom. The Balaban J connectivity index is 2.11. The SMILES string of the molecule is O=C(N[C@H]1CCS(=O)(=O)C1)c1cccc(Cl)c1Cl. The van der Waals surface area contributed by atoms with E-state index < -0.39 is 15.7 Å². The molecule has 2 rings (SSSR count). The quantitative estimate of drug-likeness (QED) is 0.908. The zero-order valence-electron chi connectivity index (χ0n) is 9.32. The average molecular weight is 308 g/mol. The molecule has 0 bridgehead atoms. The Bertz CT molecular complexity index is 586. The molecule has 1 aromatic carbocycles. The Morgan fingerprint density at radius 2 is 2.06 bits per heavy atom. The maximum Gasteiger partial charge on any atom is 0.253 e. The fourth-order valence-corrected chi connectivity index (χ4v) is 3.91. The van der Waals surface area contributed by atoms with Crippen LogP contribution in [0.3, 0.4) is 0 Å². The zero-order valence-corrected chi connectivity index (χ0v) is 11.6. The molecule has 1 aliphatic rings. The molecule has 1 fully saturated rings. The lowest BCUT2D eigenvalue weighted by atomic mass is 10.2. The molecule has 1 N–H and O–H groups in total. The van der Waals surface area contributed by atoms with Crippen LogP contribution in [0, 0.1) is 0 Å². The highest BCUT2D eigenvalue weighted by Crippen LogP contribution is 2.25. The minimum atomic E-state index is -3.02. The van der Waals surface area contributed by atoms with Gasteiger partial charge in [0.05, 0.1) is 27.1 Å². The van der Waals surface area contributed by atoms with E-state index in [-0.39, 0.29) is 28.1 Å². The van der Waals surface area contributed by atoms with Crippen molar-refractivity contribution in [1.29, 1.82) is 0 Å². The molecule has 1 atom stereocenters. The monoisotopic (exact) mass is 307 g/mol. The Morgan fingerprint density at radius 3 is 2.67 bits per heavy atom. The molecule has 1 heterocycles. The second-order valence-electron chi connectivity index (χ2n) is 4.17. The van der Waals surface area contributed by atoms with Crippen LogP contribution in [-0.2, 0) is 9.84 Å². The lowest BCUT2D eigenvalue weighted by Gasteiger charge is -2.12. The third-order valence-electron chi connectivity index (χ3n) is 2.76. The normalized spacial score (nSPS) is 21.8. The number of carbonyl (C=O) groups excluding carboxylic acids is 1. The highest BCUT2D eigenvalue weighted by molar-refractivity contribution is 7.91. The van der Waals surface area contributed by atoms with Crippen molar-refractivity contribution >= 4 is 38.9 Å². The van der Waals surface area contributed by atoms with Crippen molar-refractivity contribution in [2.24, 2.45) is 0 Å². The Kier molecular flexibility index (Phi) is 3.84. The van der Waals surface area contributed by atoms with E-state index in [1.165, 1.54) is 0 Å². The van der Waals surface area contributed by atoms with Gasteiger partial charge in [0.1, 0.15) is 0 Å². The Labute approximate surface area is 115 Å². The van der Waals surface area contributed by atoms with E-state index in [4.69, 9.17) is 23.2 Å². The molecule has 0 radical (unpaired) electrons. The van der Waals surface area contributed by atoms with E-state index in [9.17, 15) is 13.2 Å². The summed E-state index contributed by atoms with van der Waals surface area (Å²) in [4.78, 5) is 11.9. The van der Waals surface area contributed by atoms with Gasteiger partial charge < -0.3 is 5.32 Å². The summed E-state index contributed by atoms with van der Waals surface area (Å²) in [5.41, 5.74) is 0.258. The molecule has 98 valence electrons. The van der Waals surface area contributed by atoms with Crippen molar-refractivity contribution < 1.29 is 13.2 Å².